The molecule has 0 bridgehead atoms. The average molecular weight is 244 g/mol. The first-order chi connectivity index (χ1) is 8.61. The smallest absolute Gasteiger partial charge is 0.252 e. The lowest BCUT2D eigenvalue weighted by atomic mass is 10.0. The van der Waals surface area contributed by atoms with Crippen LogP contribution in [0.5, 0.6) is 0 Å². The van der Waals surface area contributed by atoms with Crippen LogP contribution in [0.3, 0.4) is 0 Å². The fourth-order valence-corrected chi connectivity index (χ4v) is 2.30. The van der Waals surface area contributed by atoms with E-state index >= 15 is 0 Å². The molecule has 3 rings (SSSR count). The van der Waals surface area contributed by atoms with Crippen LogP contribution in [0.2, 0.25) is 0 Å². The number of hydrogen-bond acceptors (Lipinski definition) is 2. The molecule has 4 nitrogen and oxygen atoms in total. The van der Waals surface area contributed by atoms with Gasteiger partial charge < -0.3 is 15.4 Å². The fourth-order valence-electron chi connectivity index (χ4n) is 2.30. The molecule has 18 heavy (non-hydrogen) atoms. The van der Waals surface area contributed by atoms with E-state index in [-0.39, 0.29) is 24.5 Å². The van der Waals surface area contributed by atoms with Crippen molar-refractivity contribution in [3.05, 3.63) is 23.8 Å². The predicted molar refractivity (Wildman–Crippen MR) is 69.6 cm³/mol. The minimum atomic E-state index is -0.197. The Morgan fingerprint density at radius 3 is 2.83 bits per heavy atom. The quantitative estimate of drug-likeness (QED) is 0.655. The van der Waals surface area contributed by atoms with Crippen LogP contribution in [0.15, 0.2) is 18.2 Å². The third-order valence-corrected chi connectivity index (χ3v) is 3.58. The summed E-state index contributed by atoms with van der Waals surface area (Å²) in [6.07, 6.45) is 0. The SMILES string of the molecule is CC(C)[C@@H](CO)NC(=O)c1ccc2c3[nH]c-3cc1-2. The van der Waals surface area contributed by atoms with Crippen molar-refractivity contribution < 1.29 is 9.90 Å². The second-order valence-corrected chi connectivity index (χ2v) is 5.14. The van der Waals surface area contributed by atoms with Crippen LogP contribution >= 0.6 is 0 Å². The zero-order chi connectivity index (χ0) is 12.9. The molecule has 0 aromatic carbocycles. The van der Waals surface area contributed by atoms with Gasteiger partial charge in [0.2, 0.25) is 0 Å². The number of aromatic amines is 1. The second-order valence-electron chi connectivity index (χ2n) is 5.14. The highest BCUT2D eigenvalue weighted by Crippen LogP contribution is 2.45. The Labute approximate surface area is 105 Å². The Morgan fingerprint density at radius 2 is 2.17 bits per heavy atom. The highest BCUT2D eigenvalue weighted by Gasteiger charge is 2.28. The van der Waals surface area contributed by atoms with Crippen molar-refractivity contribution in [1.29, 1.82) is 0 Å². The molecule has 3 N–H and O–H groups in total. The largest absolute Gasteiger partial charge is 0.394 e. The monoisotopic (exact) mass is 244 g/mol. The van der Waals surface area contributed by atoms with Gasteiger partial charge in [-0.1, -0.05) is 19.9 Å². The van der Waals surface area contributed by atoms with Gasteiger partial charge in [-0.15, -0.1) is 0 Å². The van der Waals surface area contributed by atoms with E-state index in [1.807, 2.05) is 32.0 Å². The standard InChI is InChI=1S/C14H16N2O2/c1-7(2)12(6-17)16-14(18)9-4-3-8-10(9)5-11-13(8)15-11/h3-5,7,12,15,17H,6H2,1-2H3,(H,16,18)/t12-/m1/s1. The molecule has 0 fully saturated rings. The minimum Gasteiger partial charge on any atom is -0.394 e. The summed E-state index contributed by atoms with van der Waals surface area (Å²) >= 11 is 0. The van der Waals surface area contributed by atoms with Crippen LogP contribution in [-0.4, -0.2) is 28.6 Å². The first-order valence-corrected chi connectivity index (χ1v) is 6.19. The lowest BCUT2D eigenvalue weighted by Gasteiger charge is -2.19. The molecular formula is C14H16N2O2. The summed E-state index contributed by atoms with van der Waals surface area (Å²) < 4.78 is 0. The number of H-pyrrole nitrogens is 1. The van der Waals surface area contributed by atoms with Crippen molar-refractivity contribution in [2.75, 3.05) is 6.61 Å². The molecule has 1 aliphatic heterocycles. The first kappa shape index (κ1) is 11.3. The molecule has 0 radical (unpaired) electrons. The number of carbonyl (C=O) groups is 1. The van der Waals surface area contributed by atoms with Crippen molar-refractivity contribution in [2.45, 2.75) is 19.9 Å². The Bertz CT molecular complexity index is 586. The van der Waals surface area contributed by atoms with Crippen LogP contribution in [0.4, 0.5) is 0 Å². The van der Waals surface area contributed by atoms with E-state index in [1.54, 1.807) is 0 Å². The number of aliphatic hydroxyl groups excluding tert-OH is 1. The summed E-state index contributed by atoms with van der Waals surface area (Å²) in [6, 6.07) is 5.61. The van der Waals surface area contributed by atoms with Gasteiger partial charge in [0, 0.05) is 11.1 Å². The summed E-state index contributed by atoms with van der Waals surface area (Å²) in [4.78, 5) is 15.3. The summed E-state index contributed by atoms with van der Waals surface area (Å²) in [5.41, 5.74) is 5.07. The molecule has 1 amide bonds. The number of pyridine rings is 1. The Kier molecular flexibility index (Phi) is 2.41. The second kappa shape index (κ2) is 3.85. The minimum absolute atomic E-state index is 0.0354. The van der Waals surface area contributed by atoms with E-state index < -0.39 is 0 Å². The fraction of sp³-hybridized carbons (Fsp3) is 0.357. The van der Waals surface area contributed by atoms with E-state index in [0.29, 0.717) is 5.56 Å². The Morgan fingerprint density at radius 1 is 1.39 bits per heavy atom. The van der Waals surface area contributed by atoms with Gasteiger partial charge in [0.1, 0.15) is 0 Å². The maximum Gasteiger partial charge on any atom is 0.252 e. The van der Waals surface area contributed by atoms with Gasteiger partial charge >= 0.3 is 0 Å². The third kappa shape index (κ3) is 1.61. The molecule has 2 aliphatic carbocycles. The number of rotatable bonds is 4. The van der Waals surface area contributed by atoms with Gasteiger partial charge in [0.25, 0.3) is 5.91 Å². The molecule has 0 spiro atoms. The molecule has 1 heterocycles. The lowest BCUT2D eigenvalue weighted by Crippen LogP contribution is -2.41. The lowest BCUT2D eigenvalue weighted by molar-refractivity contribution is 0.0898. The Balaban J connectivity index is 1.82. The Hall–Kier alpha value is -1.81. The third-order valence-electron chi connectivity index (χ3n) is 3.58. The van der Waals surface area contributed by atoms with E-state index in [1.165, 1.54) is 0 Å². The van der Waals surface area contributed by atoms with E-state index in [2.05, 4.69) is 10.3 Å². The van der Waals surface area contributed by atoms with Gasteiger partial charge in [-0.3, -0.25) is 4.79 Å². The van der Waals surface area contributed by atoms with Crippen molar-refractivity contribution >= 4 is 5.91 Å². The van der Waals surface area contributed by atoms with Crippen LogP contribution < -0.4 is 5.32 Å². The maximum absolute atomic E-state index is 12.2. The van der Waals surface area contributed by atoms with Crippen molar-refractivity contribution in [3.63, 3.8) is 0 Å². The highest BCUT2D eigenvalue weighted by atomic mass is 16.3. The van der Waals surface area contributed by atoms with E-state index in [0.717, 1.165) is 22.5 Å². The first-order valence-electron chi connectivity index (χ1n) is 6.19. The van der Waals surface area contributed by atoms with Gasteiger partial charge in [0.15, 0.2) is 0 Å². The summed E-state index contributed by atoms with van der Waals surface area (Å²) in [5.74, 6) is 0.104. The number of hydrogen-bond donors (Lipinski definition) is 3. The van der Waals surface area contributed by atoms with Crippen LogP contribution in [0.25, 0.3) is 22.5 Å². The molecule has 4 heteroatoms. The maximum atomic E-state index is 12.2. The number of aromatic nitrogens is 1. The number of aliphatic hydroxyl groups is 1. The number of fused-ring (bicyclic) bond motifs is 3. The van der Waals surface area contributed by atoms with Crippen molar-refractivity contribution in [3.8, 4) is 22.5 Å². The summed E-state index contributed by atoms with van der Waals surface area (Å²) in [5, 5.41) is 12.1. The number of carbonyl (C=O) groups excluding carboxylic acids is 1. The van der Waals surface area contributed by atoms with Gasteiger partial charge in [-0.05, 0) is 23.6 Å². The van der Waals surface area contributed by atoms with Crippen molar-refractivity contribution in [2.24, 2.45) is 5.92 Å². The molecular weight excluding hydrogens is 228 g/mol. The molecule has 0 aromatic heterocycles. The summed E-state index contributed by atoms with van der Waals surface area (Å²) in [6.45, 7) is 3.92. The van der Waals surface area contributed by atoms with E-state index in [9.17, 15) is 9.90 Å². The number of amides is 1. The van der Waals surface area contributed by atoms with Gasteiger partial charge in [-0.25, -0.2) is 0 Å². The highest BCUT2D eigenvalue weighted by molar-refractivity contribution is 6.07. The van der Waals surface area contributed by atoms with Crippen molar-refractivity contribution in [1.82, 2.24) is 10.3 Å². The predicted octanol–water partition coefficient (Wildman–Crippen LogP) is 1.85. The molecule has 3 aliphatic rings. The topological polar surface area (TPSA) is 65.1 Å². The zero-order valence-electron chi connectivity index (χ0n) is 10.4. The normalized spacial score (nSPS) is 14.0. The summed E-state index contributed by atoms with van der Waals surface area (Å²) in [7, 11) is 0. The average Bonchev–Trinajstić information content (AvgIpc) is 2.83. The molecule has 0 unspecified atom stereocenters. The molecule has 1 atom stereocenters. The van der Waals surface area contributed by atoms with Crippen LogP contribution in [-0.2, 0) is 0 Å². The zero-order valence-corrected chi connectivity index (χ0v) is 10.4. The van der Waals surface area contributed by atoms with Gasteiger partial charge in [-0.2, -0.15) is 0 Å². The molecule has 0 saturated carbocycles. The van der Waals surface area contributed by atoms with Crippen LogP contribution in [0, 0.1) is 5.92 Å². The molecule has 94 valence electrons. The van der Waals surface area contributed by atoms with E-state index in [4.69, 9.17) is 0 Å². The molecule has 0 aromatic rings. The van der Waals surface area contributed by atoms with Crippen LogP contribution in [0.1, 0.15) is 24.2 Å². The van der Waals surface area contributed by atoms with Gasteiger partial charge in [0.05, 0.1) is 24.0 Å². The number of nitrogens with one attached hydrogen (secondary N) is 2. The molecule has 0 saturated heterocycles.